The van der Waals surface area contributed by atoms with Crippen LogP contribution in [0.3, 0.4) is 0 Å². The van der Waals surface area contributed by atoms with Gasteiger partial charge >= 0.3 is 0 Å². The molecule has 0 heterocycles. The summed E-state index contributed by atoms with van der Waals surface area (Å²) in [6.07, 6.45) is 0.191. The second-order valence-corrected chi connectivity index (χ2v) is 3.07. The molecule has 0 atom stereocenters. The lowest BCUT2D eigenvalue weighted by atomic mass is 10.2. The lowest BCUT2D eigenvalue weighted by Gasteiger charge is -2.05. The van der Waals surface area contributed by atoms with Crippen LogP contribution >= 0.6 is 0 Å². The maximum absolute atomic E-state index is 11.0. The minimum atomic E-state index is -0.531. The van der Waals surface area contributed by atoms with E-state index in [2.05, 4.69) is 5.32 Å². The van der Waals surface area contributed by atoms with Crippen molar-refractivity contribution in [2.45, 2.75) is 27.2 Å². The van der Waals surface area contributed by atoms with Crippen molar-refractivity contribution in [1.29, 1.82) is 0 Å². The van der Waals surface area contributed by atoms with E-state index in [1.54, 1.807) is 20.8 Å². The third-order valence-corrected chi connectivity index (χ3v) is 1.58. The Morgan fingerprint density at radius 2 is 1.69 bits per heavy atom. The predicted molar refractivity (Wildman–Crippen MR) is 48.2 cm³/mol. The van der Waals surface area contributed by atoms with Crippen LogP contribution in [0.2, 0.25) is 0 Å². The first-order chi connectivity index (χ1) is 5.99. The molecule has 0 aliphatic heterocycles. The average molecular weight is 185 g/mol. The maximum atomic E-state index is 11.0. The second kappa shape index (κ2) is 5.45. The van der Waals surface area contributed by atoms with E-state index in [0.717, 1.165) is 0 Å². The Bertz CT molecular complexity index is 221. The van der Waals surface area contributed by atoms with Gasteiger partial charge in [0.15, 0.2) is 5.78 Å². The molecule has 0 aliphatic rings. The monoisotopic (exact) mass is 185 g/mol. The van der Waals surface area contributed by atoms with Crippen molar-refractivity contribution in [3.05, 3.63) is 0 Å². The number of Topliss-reactive ketones (excluding diaryl/α,β-unsaturated/α-hetero) is 2. The van der Waals surface area contributed by atoms with Gasteiger partial charge in [0.25, 0.3) is 0 Å². The number of hydrogen-bond acceptors (Lipinski definition) is 3. The van der Waals surface area contributed by atoms with Crippen LogP contribution in [0.25, 0.3) is 0 Å². The number of hydrogen-bond donors (Lipinski definition) is 1. The maximum Gasteiger partial charge on any atom is 0.222 e. The van der Waals surface area contributed by atoms with Gasteiger partial charge < -0.3 is 5.32 Å². The van der Waals surface area contributed by atoms with Crippen LogP contribution in [0.1, 0.15) is 27.2 Å². The Morgan fingerprint density at radius 3 is 2.08 bits per heavy atom. The molecule has 0 fully saturated rings. The van der Waals surface area contributed by atoms with Crippen LogP contribution < -0.4 is 5.32 Å². The zero-order valence-electron chi connectivity index (χ0n) is 8.22. The van der Waals surface area contributed by atoms with E-state index in [-0.39, 0.29) is 24.8 Å². The number of nitrogens with one attached hydrogen (secondary N) is 1. The van der Waals surface area contributed by atoms with Crippen molar-refractivity contribution in [3.8, 4) is 0 Å². The zero-order chi connectivity index (χ0) is 10.4. The zero-order valence-corrected chi connectivity index (χ0v) is 8.22. The predicted octanol–water partition coefficient (Wildman–Crippen LogP) is 0.307. The van der Waals surface area contributed by atoms with Crippen molar-refractivity contribution >= 4 is 17.5 Å². The van der Waals surface area contributed by atoms with E-state index in [1.165, 1.54) is 0 Å². The molecular weight excluding hydrogens is 170 g/mol. The molecule has 0 aromatic rings. The minimum Gasteiger partial charge on any atom is -0.348 e. The summed E-state index contributed by atoms with van der Waals surface area (Å²) in [5, 5.41) is 2.39. The summed E-state index contributed by atoms with van der Waals surface area (Å²) in [7, 11) is 0. The fourth-order valence-electron chi connectivity index (χ4n) is 0.667. The lowest BCUT2D eigenvalue weighted by Crippen LogP contribution is -2.35. The molecule has 0 rings (SSSR count). The molecule has 4 nitrogen and oxygen atoms in total. The third-order valence-electron chi connectivity index (χ3n) is 1.58. The highest BCUT2D eigenvalue weighted by atomic mass is 16.2. The van der Waals surface area contributed by atoms with Gasteiger partial charge in [0.1, 0.15) is 0 Å². The van der Waals surface area contributed by atoms with Gasteiger partial charge in [0.2, 0.25) is 11.7 Å². The third kappa shape index (κ3) is 4.40. The number of amides is 1. The van der Waals surface area contributed by atoms with Crippen LogP contribution in [0.15, 0.2) is 0 Å². The Kier molecular flexibility index (Phi) is 4.96. The number of rotatable bonds is 5. The first kappa shape index (κ1) is 11.8. The van der Waals surface area contributed by atoms with Crippen molar-refractivity contribution in [1.82, 2.24) is 5.32 Å². The van der Waals surface area contributed by atoms with Crippen molar-refractivity contribution in [2.24, 2.45) is 5.92 Å². The Labute approximate surface area is 77.7 Å². The molecule has 0 aromatic heterocycles. The average Bonchev–Trinajstić information content (AvgIpc) is 2.11. The number of carbonyl (C=O) groups excluding carboxylic acids is 3. The number of carbonyl (C=O) groups is 3. The Balaban J connectivity index is 3.84. The summed E-state index contributed by atoms with van der Waals surface area (Å²) in [6.45, 7) is 4.89. The van der Waals surface area contributed by atoms with Crippen LogP contribution in [-0.4, -0.2) is 24.0 Å². The molecule has 0 saturated carbocycles. The molecule has 0 spiro atoms. The van der Waals surface area contributed by atoms with E-state index in [4.69, 9.17) is 0 Å². The summed E-state index contributed by atoms with van der Waals surface area (Å²) in [4.78, 5) is 32.7. The molecule has 1 amide bonds. The topological polar surface area (TPSA) is 63.2 Å². The molecule has 0 radical (unpaired) electrons. The first-order valence-electron chi connectivity index (χ1n) is 4.32. The fraction of sp³-hybridized carbons (Fsp3) is 0.667. The normalized spacial score (nSPS) is 9.85. The highest BCUT2D eigenvalue weighted by Gasteiger charge is 2.13. The van der Waals surface area contributed by atoms with Crippen molar-refractivity contribution in [3.63, 3.8) is 0 Å². The van der Waals surface area contributed by atoms with E-state index >= 15 is 0 Å². The standard InChI is InChI=1S/C9H15NO3/c1-4-7(11)8(12)5-10-9(13)6(2)3/h6H,4-5H2,1-3H3,(H,10,13). The molecule has 13 heavy (non-hydrogen) atoms. The van der Waals surface area contributed by atoms with E-state index < -0.39 is 11.6 Å². The molecule has 0 aromatic carbocycles. The fourth-order valence-corrected chi connectivity index (χ4v) is 0.667. The largest absolute Gasteiger partial charge is 0.348 e. The van der Waals surface area contributed by atoms with E-state index in [0.29, 0.717) is 0 Å². The molecule has 0 saturated heterocycles. The second-order valence-electron chi connectivity index (χ2n) is 3.07. The van der Waals surface area contributed by atoms with Gasteiger partial charge in [-0.05, 0) is 0 Å². The first-order valence-corrected chi connectivity index (χ1v) is 4.32. The molecule has 0 unspecified atom stereocenters. The van der Waals surface area contributed by atoms with Crippen LogP contribution in [0, 0.1) is 5.92 Å². The molecule has 0 bridgehead atoms. The van der Waals surface area contributed by atoms with Crippen molar-refractivity contribution < 1.29 is 14.4 Å². The minimum absolute atomic E-state index is 0.162. The SMILES string of the molecule is CCC(=O)C(=O)CNC(=O)C(C)C. The molecule has 4 heteroatoms. The lowest BCUT2D eigenvalue weighted by molar-refractivity contribution is -0.136. The highest BCUT2D eigenvalue weighted by Crippen LogP contribution is 1.90. The summed E-state index contributed by atoms with van der Waals surface area (Å²) in [6, 6.07) is 0. The molecule has 1 N–H and O–H groups in total. The van der Waals surface area contributed by atoms with Gasteiger partial charge in [-0.1, -0.05) is 20.8 Å². The Hall–Kier alpha value is -1.19. The smallest absolute Gasteiger partial charge is 0.222 e. The summed E-state index contributed by atoms with van der Waals surface area (Å²) in [5.74, 6) is -1.35. The van der Waals surface area contributed by atoms with Gasteiger partial charge in [-0.2, -0.15) is 0 Å². The quantitative estimate of drug-likeness (QED) is 0.627. The van der Waals surface area contributed by atoms with Crippen LogP contribution in [0.4, 0.5) is 0 Å². The molecular formula is C9H15NO3. The van der Waals surface area contributed by atoms with Gasteiger partial charge in [-0.3, -0.25) is 14.4 Å². The molecule has 74 valence electrons. The van der Waals surface area contributed by atoms with Gasteiger partial charge in [-0.25, -0.2) is 0 Å². The van der Waals surface area contributed by atoms with E-state index in [9.17, 15) is 14.4 Å². The Morgan fingerprint density at radius 1 is 1.15 bits per heavy atom. The van der Waals surface area contributed by atoms with Gasteiger partial charge in [0.05, 0.1) is 6.54 Å². The molecule has 0 aliphatic carbocycles. The van der Waals surface area contributed by atoms with Crippen LogP contribution in [0.5, 0.6) is 0 Å². The van der Waals surface area contributed by atoms with Crippen LogP contribution in [-0.2, 0) is 14.4 Å². The summed E-state index contributed by atoms with van der Waals surface area (Å²) >= 11 is 0. The number of ketones is 2. The summed E-state index contributed by atoms with van der Waals surface area (Å²) in [5.41, 5.74) is 0. The van der Waals surface area contributed by atoms with E-state index in [1.807, 2.05) is 0 Å². The van der Waals surface area contributed by atoms with Gasteiger partial charge in [0, 0.05) is 12.3 Å². The van der Waals surface area contributed by atoms with Gasteiger partial charge in [-0.15, -0.1) is 0 Å². The highest BCUT2D eigenvalue weighted by molar-refractivity contribution is 6.38. The van der Waals surface area contributed by atoms with Crippen molar-refractivity contribution in [2.75, 3.05) is 6.54 Å². The summed E-state index contributed by atoms with van der Waals surface area (Å²) < 4.78 is 0.